The zero-order valence-corrected chi connectivity index (χ0v) is 28.9. The molecule has 3 aromatic carbocycles. The number of ether oxygens (including phenoxy) is 2. The fourth-order valence-electron chi connectivity index (χ4n) is 7.91. The maximum absolute atomic E-state index is 14.1. The average molecular weight is 686 g/mol. The van der Waals surface area contributed by atoms with Crippen LogP contribution in [0.1, 0.15) is 42.4 Å². The lowest BCUT2D eigenvalue weighted by Gasteiger charge is -2.53. The molecule has 3 aromatic heterocycles. The summed E-state index contributed by atoms with van der Waals surface area (Å²) >= 11 is 5.99. The largest absolute Gasteiger partial charge is 0.473 e. The molecule has 8 rings (SSSR count). The summed E-state index contributed by atoms with van der Waals surface area (Å²) in [5.74, 6) is 1.47. The maximum atomic E-state index is 14.1. The Morgan fingerprint density at radius 2 is 1.48 bits per heavy atom. The minimum absolute atomic E-state index is 0.149. The lowest BCUT2D eigenvalue weighted by molar-refractivity contribution is 0.0283. The summed E-state index contributed by atoms with van der Waals surface area (Å²) in [7, 11) is 1.85. The van der Waals surface area contributed by atoms with E-state index in [0.29, 0.717) is 47.1 Å². The zero-order valence-electron chi connectivity index (χ0n) is 28.2. The molecule has 0 radical (unpaired) electrons. The number of fused-ring (bicyclic) bond motifs is 1. The number of nitrogens with zero attached hydrogens (tertiary/aromatic N) is 5. The number of piperidine rings is 1. The molecule has 8 nitrogen and oxygen atoms in total. The average Bonchev–Trinajstić information content (AvgIpc) is 3.40. The third-order valence-corrected chi connectivity index (χ3v) is 10.7. The highest BCUT2D eigenvalue weighted by molar-refractivity contribution is 6.29. The summed E-state index contributed by atoms with van der Waals surface area (Å²) in [5.41, 5.74) is 6.97. The first-order valence-electron chi connectivity index (χ1n) is 17.4. The lowest BCUT2D eigenvalue weighted by Crippen LogP contribution is -2.47. The summed E-state index contributed by atoms with van der Waals surface area (Å²) in [6, 6.07) is 33.8. The van der Waals surface area contributed by atoms with Gasteiger partial charge in [-0.1, -0.05) is 84.4 Å². The Morgan fingerprint density at radius 1 is 0.780 bits per heavy atom. The van der Waals surface area contributed by atoms with E-state index in [0.717, 1.165) is 60.2 Å². The van der Waals surface area contributed by atoms with Crippen LogP contribution in [-0.2, 0) is 26.7 Å². The molecule has 9 heteroatoms. The topological polar surface area (TPSA) is 74.4 Å². The molecule has 6 aromatic rings. The number of anilines is 1. The molecule has 0 amide bonds. The highest BCUT2D eigenvalue weighted by Gasteiger charge is 2.45. The van der Waals surface area contributed by atoms with Gasteiger partial charge in [-0.3, -0.25) is 9.13 Å². The van der Waals surface area contributed by atoms with Crippen molar-refractivity contribution in [2.24, 2.45) is 18.4 Å². The molecule has 2 fully saturated rings. The smallest absolute Gasteiger partial charge is 0.333 e. The third-order valence-electron chi connectivity index (χ3n) is 10.5. The molecule has 0 unspecified atom stereocenters. The number of para-hydroxylation sites is 1. The van der Waals surface area contributed by atoms with Gasteiger partial charge >= 0.3 is 5.69 Å². The fourth-order valence-corrected chi connectivity index (χ4v) is 8.02. The molecule has 1 saturated carbocycles. The van der Waals surface area contributed by atoms with Gasteiger partial charge in [0.05, 0.1) is 16.7 Å². The SMILES string of the molecule is Cn1c(=O)n(-c2ccc(OCc3ccccc3)nc2OCc2ccccc2)c2cccc(N3CCC4(CC3)CC(Cc3ccc(Cl)nc3)C4)c21. The van der Waals surface area contributed by atoms with Crippen molar-refractivity contribution in [1.29, 1.82) is 0 Å². The molecule has 1 saturated heterocycles. The van der Waals surface area contributed by atoms with Gasteiger partial charge in [-0.05, 0) is 84.4 Å². The van der Waals surface area contributed by atoms with Gasteiger partial charge in [-0.15, -0.1) is 0 Å². The van der Waals surface area contributed by atoms with Crippen LogP contribution in [0.5, 0.6) is 11.8 Å². The molecule has 0 bridgehead atoms. The number of rotatable bonds is 10. The van der Waals surface area contributed by atoms with Crippen molar-refractivity contribution in [3.05, 3.63) is 142 Å². The Balaban J connectivity index is 1.05. The van der Waals surface area contributed by atoms with Crippen molar-refractivity contribution in [2.45, 2.75) is 45.3 Å². The molecule has 1 aliphatic carbocycles. The number of hydrogen-bond acceptors (Lipinski definition) is 6. The Labute approximate surface area is 296 Å². The van der Waals surface area contributed by atoms with Gasteiger partial charge in [0.15, 0.2) is 0 Å². The van der Waals surface area contributed by atoms with Gasteiger partial charge in [0.1, 0.15) is 24.1 Å². The zero-order chi connectivity index (χ0) is 34.1. The van der Waals surface area contributed by atoms with Gasteiger partial charge in [0.25, 0.3) is 0 Å². The summed E-state index contributed by atoms with van der Waals surface area (Å²) in [4.78, 5) is 25.6. The molecule has 254 valence electrons. The van der Waals surface area contributed by atoms with E-state index in [2.05, 4.69) is 22.0 Å². The third kappa shape index (κ3) is 6.48. The number of imidazole rings is 1. The quantitative estimate of drug-likeness (QED) is 0.136. The number of aromatic nitrogens is 4. The van der Waals surface area contributed by atoms with Crippen molar-refractivity contribution >= 4 is 28.3 Å². The second-order valence-electron chi connectivity index (χ2n) is 13.8. The monoisotopic (exact) mass is 685 g/mol. The molecular formula is C41H40ClN5O3. The van der Waals surface area contributed by atoms with Crippen LogP contribution in [0.3, 0.4) is 0 Å². The van der Waals surface area contributed by atoms with Gasteiger partial charge in [0, 0.05) is 32.4 Å². The molecular weight excluding hydrogens is 646 g/mol. The van der Waals surface area contributed by atoms with Crippen LogP contribution < -0.4 is 20.1 Å². The molecule has 1 aliphatic heterocycles. The van der Waals surface area contributed by atoms with Crippen molar-refractivity contribution < 1.29 is 9.47 Å². The Bertz CT molecular complexity index is 2150. The molecule has 2 aliphatic rings. The molecule has 50 heavy (non-hydrogen) atoms. The summed E-state index contributed by atoms with van der Waals surface area (Å²) < 4.78 is 15.9. The van der Waals surface area contributed by atoms with Crippen LogP contribution in [0, 0.1) is 11.3 Å². The second-order valence-corrected chi connectivity index (χ2v) is 14.2. The highest BCUT2D eigenvalue weighted by Crippen LogP contribution is 2.54. The number of halogens is 1. The van der Waals surface area contributed by atoms with E-state index >= 15 is 0 Å². The van der Waals surface area contributed by atoms with Crippen LogP contribution in [0.25, 0.3) is 16.7 Å². The van der Waals surface area contributed by atoms with Gasteiger partial charge in [-0.2, -0.15) is 4.98 Å². The summed E-state index contributed by atoms with van der Waals surface area (Å²) in [6.07, 6.45) is 7.80. The van der Waals surface area contributed by atoms with E-state index in [4.69, 9.17) is 26.1 Å². The first kappa shape index (κ1) is 32.1. The van der Waals surface area contributed by atoms with E-state index < -0.39 is 0 Å². The number of pyridine rings is 2. The number of hydrogen-bond donors (Lipinski definition) is 0. The molecule has 4 heterocycles. The maximum Gasteiger partial charge on any atom is 0.333 e. The van der Waals surface area contributed by atoms with Crippen LogP contribution in [0.15, 0.2) is 114 Å². The van der Waals surface area contributed by atoms with Crippen LogP contribution in [-0.4, -0.2) is 32.2 Å². The minimum Gasteiger partial charge on any atom is -0.473 e. The molecule has 0 atom stereocenters. The predicted octanol–water partition coefficient (Wildman–Crippen LogP) is 8.17. The van der Waals surface area contributed by atoms with Gasteiger partial charge in [0.2, 0.25) is 11.8 Å². The molecule has 1 spiro atoms. The highest BCUT2D eigenvalue weighted by atomic mass is 35.5. The number of aryl methyl sites for hydroxylation is 1. The molecule has 0 N–H and O–H groups in total. The first-order chi connectivity index (χ1) is 24.4. The van der Waals surface area contributed by atoms with Crippen molar-refractivity contribution in [2.75, 3.05) is 18.0 Å². The standard InChI is InChI=1S/C41H40ClN5O3/c1-45-38-33(46-21-19-41(20-22-46)24-32(25-41)23-31-15-17-36(42)43-26-31)13-8-14-34(38)47(40(45)48)35-16-18-37(49-27-29-9-4-2-5-10-29)44-39(35)50-28-30-11-6-3-7-12-30/h2-18,26,32H,19-25,27-28H2,1H3. The van der Waals surface area contributed by atoms with Gasteiger partial charge < -0.3 is 14.4 Å². The Morgan fingerprint density at radius 3 is 2.16 bits per heavy atom. The second kappa shape index (κ2) is 13.7. The van der Waals surface area contributed by atoms with E-state index in [1.165, 1.54) is 18.4 Å². The van der Waals surface area contributed by atoms with Crippen molar-refractivity contribution in [1.82, 2.24) is 19.1 Å². The van der Waals surface area contributed by atoms with Crippen molar-refractivity contribution in [3.8, 4) is 17.4 Å². The fraction of sp³-hybridized carbons (Fsp3) is 0.293. The number of benzene rings is 3. The minimum atomic E-state index is -0.149. The van der Waals surface area contributed by atoms with E-state index in [1.54, 1.807) is 9.13 Å². The Kier molecular flexibility index (Phi) is 8.79. The Hall–Kier alpha value is -5.08. The van der Waals surface area contributed by atoms with E-state index in [9.17, 15) is 4.79 Å². The summed E-state index contributed by atoms with van der Waals surface area (Å²) in [5, 5.41) is 0.546. The normalized spacial score (nSPS) is 15.7. The van der Waals surface area contributed by atoms with E-state index in [1.807, 2.05) is 104 Å². The predicted molar refractivity (Wildman–Crippen MR) is 197 cm³/mol. The van der Waals surface area contributed by atoms with Crippen molar-refractivity contribution in [3.63, 3.8) is 0 Å². The lowest BCUT2D eigenvalue weighted by atomic mass is 9.56. The van der Waals surface area contributed by atoms with Gasteiger partial charge in [-0.25, -0.2) is 9.78 Å². The van der Waals surface area contributed by atoms with Crippen LogP contribution >= 0.6 is 11.6 Å². The first-order valence-corrected chi connectivity index (χ1v) is 17.7. The summed E-state index contributed by atoms with van der Waals surface area (Å²) in [6.45, 7) is 2.61. The van der Waals surface area contributed by atoms with Crippen LogP contribution in [0.2, 0.25) is 5.15 Å². The van der Waals surface area contributed by atoms with Crippen LogP contribution in [0.4, 0.5) is 5.69 Å². The van der Waals surface area contributed by atoms with E-state index in [-0.39, 0.29) is 5.69 Å².